The molecule has 1 N–H and O–H groups in total. The summed E-state index contributed by atoms with van der Waals surface area (Å²) in [7, 11) is -3.75. The van der Waals surface area contributed by atoms with Crippen molar-refractivity contribution in [1.82, 2.24) is 4.72 Å². The van der Waals surface area contributed by atoms with Crippen molar-refractivity contribution in [3.05, 3.63) is 0 Å². The standard InChI is InChI=1S/C18H27NO7S.2CH4/c1-5-16(2,3)15(22)26-18-7-11-6-17(10-18,14(21)19-27(4,23)24)8-12(9-18)25-13(11)20;;/h11-12H,5-10H2,1-4H3,(H,19,21);2*1H4. The fourth-order valence-corrected chi connectivity index (χ4v) is 5.19. The maximum Gasteiger partial charge on any atom is 0.312 e. The predicted molar refractivity (Wildman–Crippen MR) is 108 cm³/mol. The highest BCUT2D eigenvalue weighted by molar-refractivity contribution is 7.89. The molecule has 4 atom stereocenters. The second-order valence-corrected chi connectivity index (χ2v) is 10.8. The van der Waals surface area contributed by atoms with Gasteiger partial charge in [-0.1, -0.05) is 21.8 Å². The van der Waals surface area contributed by atoms with Gasteiger partial charge in [-0.2, -0.15) is 0 Å². The molecule has 4 bridgehead atoms. The van der Waals surface area contributed by atoms with Gasteiger partial charge in [0.1, 0.15) is 11.7 Å². The fourth-order valence-electron chi connectivity index (χ4n) is 4.64. The van der Waals surface area contributed by atoms with E-state index in [0.717, 1.165) is 6.26 Å². The van der Waals surface area contributed by atoms with Crippen LogP contribution >= 0.6 is 0 Å². The summed E-state index contributed by atoms with van der Waals surface area (Å²) in [6.45, 7) is 5.47. The first-order valence-electron chi connectivity index (χ1n) is 9.26. The number of sulfonamides is 1. The van der Waals surface area contributed by atoms with Crippen LogP contribution in [0.3, 0.4) is 0 Å². The lowest BCUT2D eigenvalue weighted by atomic mass is 9.56. The number of hydrogen-bond acceptors (Lipinski definition) is 7. The van der Waals surface area contributed by atoms with E-state index >= 15 is 0 Å². The van der Waals surface area contributed by atoms with Gasteiger partial charge in [-0.25, -0.2) is 8.42 Å². The second-order valence-electron chi connectivity index (χ2n) is 9.04. The minimum Gasteiger partial charge on any atom is -0.462 e. The van der Waals surface area contributed by atoms with Crippen LogP contribution in [0.25, 0.3) is 0 Å². The summed E-state index contributed by atoms with van der Waals surface area (Å²) in [5.74, 6) is -2.01. The van der Waals surface area contributed by atoms with Crippen molar-refractivity contribution in [1.29, 1.82) is 0 Å². The van der Waals surface area contributed by atoms with Gasteiger partial charge in [-0.15, -0.1) is 0 Å². The van der Waals surface area contributed by atoms with E-state index in [1.54, 1.807) is 13.8 Å². The molecule has 0 aromatic rings. The van der Waals surface area contributed by atoms with Gasteiger partial charge in [0, 0.05) is 19.3 Å². The molecule has 8 nitrogen and oxygen atoms in total. The Bertz CT molecular complexity index is 791. The Kier molecular flexibility index (Phi) is 6.91. The Balaban J connectivity index is 0.00000210. The number of hydrogen-bond donors (Lipinski definition) is 1. The Hall–Kier alpha value is -1.64. The second kappa shape index (κ2) is 7.89. The summed E-state index contributed by atoms with van der Waals surface area (Å²) >= 11 is 0. The highest BCUT2D eigenvalue weighted by Gasteiger charge is 2.64. The van der Waals surface area contributed by atoms with Crippen LogP contribution in [-0.2, 0) is 33.9 Å². The van der Waals surface area contributed by atoms with Crippen molar-refractivity contribution >= 4 is 27.9 Å². The van der Waals surface area contributed by atoms with Crippen molar-refractivity contribution in [2.75, 3.05) is 6.26 Å². The summed E-state index contributed by atoms with van der Waals surface area (Å²) in [5.41, 5.74) is -2.78. The molecular formula is C20H35NO7S. The van der Waals surface area contributed by atoms with Crippen LogP contribution in [0.4, 0.5) is 0 Å². The summed E-state index contributed by atoms with van der Waals surface area (Å²) < 4.78 is 36.7. The molecule has 4 fully saturated rings. The summed E-state index contributed by atoms with van der Waals surface area (Å²) in [6.07, 6.45) is 2.24. The molecule has 1 amide bonds. The van der Waals surface area contributed by atoms with Crippen LogP contribution < -0.4 is 4.72 Å². The van der Waals surface area contributed by atoms with Gasteiger partial charge >= 0.3 is 11.9 Å². The van der Waals surface area contributed by atoms with E-state index in [2.05, 4.69) is 4.72 Å². The number of nitrogens with one attached hydrogen (secondary N) is 1. The van der Waals surface area contributed by atoms with Gasteiger partial charge in [0.2, 0.25) is 15.9 Å². The van der Waals surface area contributed by atoms with E-state index in [9.17, 15) is 22.8 Å². The van der Waals surface area contributed by atoms with E-state index in [0.29, 0.717) is 19.3 Å². The topological polar surface area (TPSA) is 116 Å². The van der Waals surface area contributed by atoms with E-state index in [1.807, 2.05) is 6.92 Å². The van der Waals surface area contributed by atoms with E-state index in [-0.39, 0.29) is 40.1 Å². The number of amides is 1. The van der Waals surface area contributed by atoms with Crippen LogP contribution in [0.1, 0.15) is 74.1 Å². The number of carbonyl (C=O) groups excluding carboxylic acids is 3. The molecule has 0 aromatic carbocycles. The minimum absolute atomic E-state index is 0. The average Bonchev–Trinajstić information content (AvgIpc) is 2.66. The van der Waals surface area contributed by atoms with Crippen LogP contribution in [0, 0.1) is 16.7 Å². The quantitative estimate of drug-likeness (QED) is 0.662. The Morgan fingerprint density at radius 2 is 1.83 bits per heavy atom. The smallest absolute Gasteiger partial charge is 0.312 e. The van der Waals surface area contributed by atoms with E-state index in [1.165, 1.54) is 0 Å². The molecule has 29 heavy (non-hydrogen) atoms. The fraction of sp³-hybridized carbons (Fsp3) is 0.850. The molecule has 4 aliphatic rings. The first-order chi connectivity index (χ1) is 12.3. The highest BCUT2D eigenvalue weighted by atomic mass is 32.2. The SMILES string of the molecule is C.C.CCC(C)(C)C(=O)OC12CC3CC(C(=O)NS(C)(=O)=O)(CC(C1)C(=O)O3)C2. The first-order valence-corrected chi connectivity index (χ1v) is 11.2. The van der Waals surface area contributed by atoms with Crippen molar-refractivity contribution < 1.29 is 32.3 Å². The Morgan fingerprint density at radius 1 is 1.21 bits per heavy atom. The summed E-state index contributed by atoms with van der Waals surface area (Å²) in [4.78, 5) is 38.0. The molecule has 0 aromatic heterocycles. The third kappa shape index (κ3) is 4.75. The molecule has 2 saturated carbocycles. The maximum atomic E-state index is 12.9. The number of rotatable bonds is 5. The molecule has 4 unspecified atom stereocenters. The lowest BCUT2D eigenvalue weighted by Crippen LogP contribution is -2.59. The van der Waals surface area contributed by atoms with Crippen molar-refractivity contribution in [3.63, 3.8) is 0 Å². The van der Waals surface area contributed by atoms with E-state index in [4.69, 9.17) is 9.47 Å². The largest absolute Gasteiger partial charge is 0.462 e. The van der Waals surface area contributed by atoms with Crippen LogP contribution in [-0.4, -0.2) is 44.2 Å². The average molecular weight is 434 g/mol. The molecule has 9 heteroatoms. The number of ether oxygens (including phenoxy) is 2. The van der Waals surface area contributed by atoms with E-state index < -0.39 is 50.4 Å². The molecule has 2 saturated heterocycles. The van der Waals surface area contributed by atoms with Crippen molar-refractivity contribution in [2.45, 2.75) is 85.9 Å². The lowest BCUT2D eigenvalue weighted by Gasteiger charge is -2.51. The van der Waals surface area contributed by atoms with Gasteiger partial charge in [0.15, 0.2) is 0 Å². The third-order valence-corrected chi connectivity index (χ3v) is 6.81. The van der Waals surface area contributed by atoms with Crippen LogP contribution in [0.15, 0.2) is 0 Å². The summed E-state index contributed by atoms with van der Waals surface area (Å²) in [6, 6.07) is 0. The van der Waals surface area contributed by atoms with Gasteiger partial charge in [-0.05, 0) is 33.1 Å². The zero-order chi connectivity index (χ0) is 20.3. The summed E-state index contributed by atoms with van der Waals surface area (Å²) in [5, 5.41) is 0. The minimum atomic E-state index is -3.75. The molecule has 0 spiro atoms. The third-order valence-electron chi connectivity index (χ3n) is 6.26. The zero-order valence-corrected chi connectivity index (χ0v) is 17.0. The van der Waals surface area contributed by atoms with Gasteiger partial charge in [-0.3, -0.25) is 19.1 Å². The molecule has 2 aliphatic heterocycles. The van der Waals surface area contributed by atoms with Crippen LogP contribution in [0.5, 0.6) is 0 Å². The first kappa shape index (κ1) is 25.4. The zero-order valence-electron chi connectivity index (χ0n) is 16.2. The van der Waals surface area contributed by atoms with Gasteiger partial charge < -0.3 is 9.47 Å². The van der Waals surface area contributed by atoms with Crippen molar-refractivity contribution in [3.8, 4) is 0 Å². The lowest BCUT2D eigenvalue weighted by molar-refractivity contribution is -0.193. The maximum absolute atomic E-state index is 12.9. The molecule has 2 heterocycles. The van der Waals surface area contributed by atoms with Crippen LogP contribution in [0.2, 0.25) is 0 Å². The monoisotopic (exact) mass is 433 g/mol. The Labute approximate surface area is 174 Å². The number of fused-ring (bicyclic) bond motifs is 1. The molecule has 2 aliphatic carbocycles. The predicted octanol–water partition coefficient (Wildman–Crippen LogP) is 2.56. The highest BCUT2D eigenvalue weighted by Crippen LogP contribution is 2.58. The molecule has 0 radical (unpaired) electrons. The molecule has 4 rings (SSSR count). The molecular weight excluding hydrogens is 398 g/mol. The van der Waals surface area contributed by atoms with Gasteiger partial charge in [0.05, 0.1) is 23.0 Å². The number of esters is 2. The Morgan fingerprint density at radius 3 is 2.38 bits per heavy atom. The van der Waals surface area contributed by atoms with Crippen molar-refractivity contribution in [2.24, 2.45) is 16.7 Å². The molecule has 168 valence electrons. The normalized spacial score (nSPS) is 32.9. The van der Waals surface area contributed by atoms with Gasteiger partial charge in [0.25, 0.3) is 0 Å². The number of carbonyl (C=O) groups is 3.